The highest BCUT2D eigenvalue weighted by Gasteiger charge is 2.45. The van der Waals surface area contributed by atoms with Crippen LogP contribution in [0.15, 0.2) is 46.9 Å². The van der Waals surface area contributed by atoms with Crippen LogP contribution in [0.3, 0.4) is 0 Å². The van der Waals surface area contributed by atoms with Gasteiger partial charge in [-0.1, -0.05) is 59.6 Å². The molecule has 4 heteroatoms. The summed E-state index contributed by atoms with van der Waals surface area (Å²) < 4.78 is 6.82. The number of rotatable bonds is 2. The lowest BCUT2D eigenvalue weighted by Crippen LogP contribution is -2.40. The van der Waals surface area contributed by atoms with Crippen molar-refractivity contribution in [2.45, 2.75) is 39.8 Å². The highest BCUT2D eigenvalue weighted by Crippen LogP contribution is 2.53. The molecule has 0 fully saturated rings. The SMILES string of the molecule is CC(=O)O[C@@H]1c2cc(C)ccc2N[C@@H](c2ccc(Br)cc2)C1(C)C. The number of benzene rings is 2. The Hall–Kier alpha value is -1.81. The molecule has 0 bridgehead atoms. The first-order chi connectivity index (χ1) is 11.3. The molecule has 1 heterocycles. The van der Waals surface area contributed by atoms with Crippen molar-refractivity contribution in [2.24, 2.45) is 5.41 Å². The molecule has 2 aromatic carbocycles. The average molecular weight is 388 g/mol. The second kappa shape index (κ2) is 6.25. The summed E-state index contributed by atoms with van der Waals surface area (Å²) in [6.45, 7) is 7.82. The van der Waals surface area contributed by atoms with Gasteiger partial charge in [-0.2, -0.15) is 0 Å². The van der Waals surface area contributed by atoms with E-state index >= 15 is 0 Å². The molecule has 0 radical (unpaired) electrons. The van der Waals surface area contributed by atoms with E-state index in [1.165, 1.54) is 12.5 Å². The molecule has 3 nitrogen and oxygen atoms in total. The van der Waals surface area contributed by atoms with E-state index in [1.54, 1.807) is 0 Å². The van der Waals surface area contributed by atoms with Gasteiger partial charge in [0, 0.05) is 28.1 Å². The van der Waals surface area contributed by atoms with E-state index in [2.05, 4.69) is 72.3 Å². The zero-order chi connectivity index (χ0) is 17.5. The maximum atomic E-state index is 11.7. The number of carbonyl (C=O) groups is 1. The van der Waals surface area contributed by atoms with Crippen LogP contribution in [-0.4, -0.2) is 5.97 Å². The number of esters is 1. The number of ether oxygens (including phenoxy) is 1. The minimum absolute atomic E-state index is 0.0464. The van der Waals surface area contributed by atoms with Crippen LogP contribution >= 0.6 is 15.9 Å². The van der Waals surface area contributed by atoms with Crippen molar-refractivity contribution in [3.63, 3.8) is 0 Å². The Morgan fingerprint density at radius 1 is 1.17 bits per heavy atom. The number of fused-ring (bicyclic) bond motifs is 1. The standard InChI is InChI=1S/C20H22BrNO2/c1-12-5-10-17-16(11-12)19(24-13(2)23)20(3,4)18(22-17)14-6-8-15(21)9-7-14/h5-11,18-19,22H,1-4H3/t18-,19+/m0/s1. The Morgan fingerprint density at radius 3 is 2.46 bits per heavy atom. The van der Waals surface area contributed by atoms with Crippen molar-refractivity contribution in [1.82, 2.24) is 0 Å². The van der Waals surface area contributed by atoms with E-state index in [1.807, 2.05) is 12.1 Å². The van der Waals surface area contributed by atoms with Gasteiger partial charge in [-0.05, 0) is 30.7 Å². The van der Waals surface area contributed by atoms with Gasteiger partial charge in [0.1, 0.15) is 6.10 Å². The van der Waals surface area contributed by atoms with Crippen LogP contribution in [0, 0.1) is 12.3 Å². The lowest BCUT2D eigenvalue weighted by atomic mass is 9.70. The second-order valence-electron chi connectivity index (χ2n) is 7.03. The first-order valence-electron chi connectivity index (χ1n) is 8.09. The highest BCUT2D eigenvalue weighted by molar-refractivity contribution is 9.10. The van der Waals surface area contributed by atoms with Crippen LogP contribution in [0.1, 0.15) is 49.6 Å². The number of halogens is 1. The molecule has 0 spiro atoms. The summed E-state index contributed by atoms with van der Waals surface area (Å²) >= 11 is 3.49. The second-order valence-corrected chi connectivity index (χ2v) is 7.95. The quantitative estimate of drug-likeness (QED) is 0.685. The Morgan fingerprint density at radius 2 is 1.83 bits per heavy atom. The number of carbonyl (C=O) groups excluding carboxylic acids is 1. The molecule has 0 saturated heterocycles. The summed E-state index contributed by atoms with van der Waals surface area (Å²) in [6, 6.07) is 14.6. The monoisotopic (exact) mass is 387 g/mol. The minimum atomic E-state index is -0.292. The summed E-state index contributed by atoms with van der Waals surface area (Å²) in [4.78, 5) is 11.7. The van der Waals surface area contributed by atoms with Crippen LogP contribution in [0.2, 0.25) is 0 Å². The summed E-state index contributed by atoms with van der Waals surface area (Å²) in [7, 11) is 0. The van der Waals surface area contributed by atoms with Crippen LogP contribution in [0.4, 0.5) is 5.69 Å². The number of hydrogen-bond acceptors (Lipinski definition) is 3. The van der Waals surface area contributed by atoms with E-state index in [-0.39, 0.29) is 23.5 Å². The molecule has 1 aliphatic heterocycles. The van der Waals surface area contributed by atoms with Crippen LogP contribution in [0.25, 0.3) is 0 Å². The minimum Gasteiger partial charge on any atom is -0.457 e. The number of nitrogens with one attached hydrogen (secondary N) is 1. The normalized spacial score (nSPS) is 21.5. The first kappa shape index (κ1) is 17.0. The fraction of sp³-hybridized carbons (Fsp3) is 0.350. The predicted octanol–water partition coefficient (Wildman–Crippen LogP) is 5.55. The van der Waals surface area contributed by atoms with Crippen LogP contribution in [0.5, 0.6) is 0 Å². The fourth-order valence-electron chi connectivity index (χ4n) is 3.47. The van der Waals surface area contributed by atoms with Crippen LogP contribution < -0.4 is 5.32 Å². The Balaban J connectivity index is 2.11. The molecule has 3 rings (SSSR count). The largest absolute Gasteiger partial charge is 0.457 e. The summed E-state index contributed by atoms with van der Waals surface area (Å²) in [5, 5.41) is 3.65. The summed E-state index contributed by atoms with van der Waals surface area (Å²) in [5.74, 6) is -0.253. The lowest BCUT2D eigenvalue weighted by molar-refractivity contribution is -0.154. The molecule has 1 N–H and O–H groups in total. The molecule has 126 valence electrons. The molecule has 0 aliphatic carbocycles. The maximum Gasteiger partial charge on any atom is 0.303 e. The van der Waals surface area contributed by atoms with Crippen molar-refractivity contribution < 1.29 is 9.53 Å². The van der Waals surface area contributed by atoms with Gasteiger partial charge < -0.3 is 10.1 Å². The first-order valence-corrected chi connectivity index (χ1v) is 8.88. The molecular weight excluding hydrogens is 366 g/mol. The molecule has 2 aromatic rings. The van der Waals surface area contributed by atoms with Crippen molar-refractivity contribution in [1.29, 1.82) is 0 Å². The number of hydrogen-bond donors (Lipinski definition) is 1. The molecule has 1 aliphatic rings. The third kappa shape index (κ3) is 3.07. The Kier molecular flexibility index (Phi) is 4.43. The smallest absolute Gasteiger partial charge is 0.303 e. The van der Waals surface area contributed by atoms with Crippen LogP contribution in [-0.2, 0) is 9.53 Å². The number of aryl methyl sites for hydroxylation is 1. The molecule has 0 aromatic heterocycles. The topological polar surface area (TPSA) is 38.3 Å². The summed E-state index contributed by atoms with van der Waals surface area (Å²) in [5.41, 5.74) is 4.11. The van der Waals surface area contributed by atoms with E-state index in [0.29, 0.717) is 0 Å². The average Bonchev–Trinajstić information content (AvgIpc) is 2.51. The van der Waals surface area contributed by atoms with Gasteiger partial charge in [0.05, 0.1) is 6.04 Å². The maximum absolute atomic E-state index is 11.7. The fourth-order valence-corrected chi connectivity index (χ4v) is 3.74. The molecule has 0 amide bonds. The van der Waals surface area contributed by atoms with Crippen molar-refractivity contribution in [2.75, 3.05) is 5.32 Å². The van der Waals surface area contributed by atoms with Gasteiger partial charge in [0.25, 0.3) is 0 Å². The van der Waals surface area contributed by atoms with Gasteiger partial charge in [0.2, 0.25) is 0 Å². The van der Waals surface area contributed by atoms with Gasteiger partial charge in [0.15, 0.2) is 0 Å². The third-order valence-corrected chi connectivity index (χ3v) is 5.22. The van der Waals surface area contributed by atoms with E-state index in [4.69, 9.17) is 4.74 Å². The molecule has 0 saturated carbocycles. The summed E-state index contributed by atoms with van der Waals surface area (Å²) in [6.07, 6.45) is -0.292. The lowest BCUT2D eigenvalue weighted by Gasteiger charge is -2.46. The van der Waals surface area contributed by atoms with Gasteiger partial charge >= 0.3 is 5.97 Å². The Bertz CT molecular complexity index is 768. The zero-order valence-electron chi connectivity index (χ0n) is 14.4. The third-order valence-electron chi connectivity index (χ3n) is 4.70. The highest BCUT2D eigenvalue weighted by atomic mass is 79.9. The molecule has 2 atom stereocenters. The molecule has 0 unspecified atom stereocenters. The van der Waals surface area contributed by atoms with E-state index in [0.717, 1.165) is 21.3 Å². The predicted molar refractivity (Wildman–Crippen MR) is 100.0 cm³/mol. The van der Waals surface area contributed by atoms with Crippen molar-refractivity contribution >= 4 is 27.6 Å². The zero-order valence-corrected chi connectivity index (χ0v) is 16.0. The molecule has 24 heavy (non-hydrogen) atoms. The van der Waals surface area contributed by atoms with E-state index < -0.39 is 0 Å². The Labute approximate surface area is 151 Å². The van der Waals surface area contributed by atoms with Crippen molar-refractivity contribution in [3.8, 4) is 0 Å². The number of anilines is 1. The van der Waals surface area contributed by atoms with E-state index in [9.17, 15) is 4.79 Å². The van der Waals surface area contributed by atoms with Gasteiger partial charge in [-0.3, -0.25) is 4.79 Å². The van der Waals surface area contributed by atoms with Crippen molar-refractivity contribution in [3.05, 3.63) is 63.6 Å². The molecular formula is C20H22BrNO2. The van der Waals surface area contributed by atoms with Gasteiger partial charge in [-0.25, -0.2) is 0 Å². The van der Waals surface area contributed by atoms with Gasteiger partial charge in [-0.15, -0.1) is 0 Å².